The quantitative estimate of drug-likeness (QED) is 0.822. The zero-order chi connectivity index (χ0) is 15.7. The Morgan fingerprint density at radius 3 is 2.76 bits per heavy atom. The molecule has 0 spiro atoms. The summed E-state index contributed by atoms with van der Waals surface area (Å²) in [4.78, 5) is 26.0. The van der Waals surface area contributed by atoms with Crippen LogP contribution in [-0.2, 0) is 9.53 Å². The highest BCUT2D eigenvalue weighted by Gasteiger charge is 2.52. The van der Waals surface area contributed by atoms with Gasteiger partial charge in [-0.2, -0.15) is 0 Å². The molecule has 0 aliphatic carbocycles. The summed E-state index contributed by atoms with van der Waals surface area (Å²) in [7, 11) is 0. The molecule has 2 aliphatic rings. The van der Waals surface area contributed by atoms with Gasteiger partial charge in [-0.05, 0) is 33.6 Å². The number of ether oxygens (including phenoxy) is 1. The van der Waals surface area contributed by atoms with Crippen LogP contribution in [0, 0.1) is 0 Å². The Kier molecular flexibility index (Phi) is 4.46. The molecule has 0 aromatic carbocycles. The number of hydrogen-bond donors (Lipinski definition) is 2. The highest BCUT2D eigenvalue weighted by atomic mass is 16.6. The molecule has 2 bridgehead atoms. The molecular weight excluding hydrogens is 270 g/mol. The fourth-order valence-corrected chi connectivity index (χ4v) is 3.19. The molecule has 2 rings (SSSR count). The number of nitrogens with one attached hydrogen (secondary N) is 2. The van der Waals surface area contributed by atoms with E-state index >= 15 is 0 Å². The summed E-state index contributed by atoms with van der Waals surface area (Å²) in [5.74, 6) is 0.0162. The van der Waals surface area contributed by atoms with Gasteiger partial charge in [-0.15, -0.1) is 0 Å². The molecule has 6 nitrogen and oxygen atoms in total. The zero-order valence-electron chi connectivity index (χ0n) is 13.5. The van der Waals surface area contributed by atoms with E-state index in [4.69, 9.17) is 4.74 Å². The number of hydrogen-bond acceptors (Lipinski definition) is 4. The molecule has 120 valence electrons. The molecule has 0 aromatic rings. The lowest BCUT2D eigenvalue weighted by molar-refractivity contribution is -0.121. The van der Waals surface area contributed by atoms with Gasteiger partial charge >= 0.3 is 6.09 Å². The predicted molar refractivity (Wildman–Crippen MR) is 80.0 cm³/mol. The molecule has 6 heteroatoms. The first kappa shape index (κ1) is 16.1. The SMILES string of the molecule is CCC(=O)NCC12CCC(CNC1)N2C(=O)OC(C)(C)C. The van der Waals surface area contributed by atoms with Crippen molar-refractivity contribution in [3.8, 4) is 0 Å². The second kappa shape index (κ2) is 5.83. The first-order valence-corrected chi connectivity index (χ1v) is 7.77. The normalized spacial score (nSPS) is 28.4. The minimum absolute atomic E-state index is 0.0162. The molecule has 2 N–H and O–H groups in total. The molecular formula is C15H27N3O3. The van der Waals surface area contributed by atoms with Crippen LogP contribution in [0.4, 0.5) is 4.79 Å². The zero-order valence-corrected chi connectivity index (χ0v) is 13.5. The fourth-order valence-electron chi connectivity index (χ4n) is 3.19. The van der Waals surface area contributed by atoms with E-state index in [1.807, 2.05) is 32.6 Å². The van der Waals surface area contributed by atoms with Crippen molar-refractivity contribution >= 4 is 12.0 Å². The van der Waals surface area contributed by atoms with Crippen LogP contribution in [0.15, 0.2) is 0 Å². The van der Waals surface area contributed by atoms with Crippen LogP contribution in [-0.4, -0.2) is 53.7 Å². The summed E-state index contributed by atoms with van der Waals surface area (Å²) in [6.07, 6.45) is 2.04. The van der Waals surface area contributed by atoms with E-state index in [9.17, 15) is 9.59 Å². The largest absolute Gasteiger partial charge is 0.444 e. The van der Waals surface area contributed by atoms with Gasteiger partial charge in [-0.3, -0.25) is 9.69 Å². The second-order valence-electron chi connectivity index (χ2n) is 7.03. The van der Waals surface area contributed by atoms with Gasteiger partial charge in [-0.1, -0.05) is 6.92 Å². The number of nitrogens with zero attached hydrogens (tertiary/aromatic N) is 1. The third-order valence-corrected chi connectivity index (χ3v) is 4.18. The molecule has 2 aliphatic heterocycles. The number of fused-ring (bicyclic) bond motifs is 2. The Bertz CT molecular complexity index is 415. The molecule has 0 saturated carbocycles. The van der Waals surface area contributed by atoms with Gasteiger partial charge in [0.25, 0.3) is 0 Å². The minimum atomic E-state index is -0.505. The Balaban J connectivity index is 2.13. The minimum Gasteiger partial charge on any atom is -0.444 e. The summed E-state index contributed by atoms with van der Waals surface area (Å²) in [5.41, 5.74) is -0.856. The monoisotopic (exact) mass is 297 g/mol. The van der Waals surface area contributed by atoms with Crippen LogP contribution in [0.25, 0.3) is 0 Å². The predicted octanol–water partition coefficient (Wildman–Crippen LogP) is 1.25. The molecule has 2 amide bonds. The number of carbonyl (C=O) groups is 2. The summed E-state index contributed by atoms with van der Waals surface area (Å²) in [6.45, 7) is 9.44. The average Bonchev–Trinajstić information content (AvgIpc) is 2.62. The lowest BCUT2D eigenvalue weighted by Gasteiger charge is -2.45. The van der Waals surface area contributed by atoms with Crippen molar-refractivity contribution in [3.05, 3.63) is 0 Å². The van der Waals surface area contributed by atoms with Crippen LogP contribution in [0.3, 0.4) is 0 Å². The first-order valence-electron chi connectivity index (χ1n) is 7.77. The fraction of sp³-hybridized carbons (Fsp3) is 0.867. The molecule has 21 heavy (non-hydrogen) atoms. The molecule has 2 saturated heterocycles. The summed E-state index contributed by atoms with van der Waals surface area (Å²) < 4.78 is 5.56. The van der Waals surface area contributed by atoms with Crippen LogP contribution < -0.4 is 10.6 Å². The third kappa shape index (κ3) is 3.48. The number of piperazine rings is 1. The van der Waals surface area contributed by atoms with Crippen molar-refractivity contribution in [2.75, 3.05) is 19.6 Å². The highest BCUT2D eigenvalue weighted by molar-refractivity contribution is 5.76. The summed E-state index contributed by atoms with van der Waals surface area (Å²) in [5, 5.41) is 6.32. The van der Waals surface area contributed by atoms with Gasteiger partial charge in [-0.25, -0.2) is 4.79 Å². The van der Waals surface area contributed by atoms with E-state index in [1.165, 1.54) is 0 Å². The maximum atomic E-state index is 12.6. The van der Waals surface area contributed by atoms with E-state index in [0.29, 0.717) is 19.5 Å². The lowest BCUT2D eigenvalue weighted by atomic mass is 9.95. The van der Waals surface area contributed by atoms with Gasteiger partial charge in [0, 0.05) is 32.1 Å². The molecule has 2 heterocycles. The smallest absolute Gasteiger partial charge is 0.411 e. The third-order valence-electron chi connectivity index (χ3n) is 4.18. The van der Waals surface area contributed by atoms with E-state index in [1.54, 1.807) is 0 Å². The Hall–Kier alpha value is -1.30. The Labute approximate surface area is 126 Å². The van der Waals surface area contributed by atoms with Crippen molar-refractivity contribution in [1.82, 2.24) is 15.5 Å². The van der Waals surface area contributed by atoms with E-state index in [2.05, 4.69) is 10.6 Å². The van der Waals surface area contributed by atoms with Gasteiger partial charge < -0.3 is 15.4 Å². The maximum Gasteiger partial charge on any atom is 0.411 e. The van der Waals surface area contributed by atoms with Gasteiger partial charge in [0.2, 0.25) is 5.91 Å². The van der Waals surface area contributed by atoms with Crippen LogP contribution in [0.2, 0.25) is 0 Å². The van der Waals surface area contributed by atoms with Crippen molar-refractivity contribution < 1.29 is 14.3 Å². The van der Waals surface area contributed by atoms with Crippen molar-refractivity contribution in [3.63, 3.8) is 0 Å². The molecule has 2 atom stereocenters. The highest BCUT2D eigenvalue weighted by Crippen LogP contribution is 2.37. The molecule has 2 unspecified atom stereocenters. The summed E-state index contributed by atoms with van der Waals surface area (Å²) in [6, 6.07) is 0.159. The average molecular weight is 297 g/mol. The molecule has 0 aromatic heterocycles. The van der Waals surface area contributed by atoms with Crippen LogP contribution >= 0.6 is 0 Å². The van der Waals surface area contributed by atoms with E-state index in [-0.39, 0.29) is 23.6 Å². The molecule has 2 fully saturated rings. The lowest BCUT2D eigenvalue weighted by Crippen LogP contribution is -2.66. The van der Waals surface area contributed by atoms with Crippen LogP contribution in [0.1, 0.15) is 47.0 Å². The van der Waals surface area contributed by atoms with E-state index < -0.39 is 5.60 Å². The number of amides is 2. The van der Waals surface area contributed by atoms with Crippen molar-refractivity contribution in [2.24, 2.45) is 0 Å². The second-order valence-corrected chi connectivity index (χ2v) is 7.03. The van der Waals surface area contributed by atoms with Crippen molar-refractivity contribution in [1.29, 1.82) is 0 Å². The first-order chi connectivity index (χ1) is 9.77. The van der Waals surface area contributed by atoms with Gasteiger partial charge in [0.15, 0.2) is 0 Å². The van der Waals surface area contributed by atoms with E-state index in [0.717, 1.165) is 19.4 Å². The standard InChI is InChI=1S/C15H27N3O3/c1-5-12(19)17-10-15-7-6-11(8-16-9-15)18(15)13(20)21-14(2,3)4/h11,16H,5-10H2,1-4H3,(H,17,19). The topological polar surface area (TPSA) is 70.7 Å². The van der Waals surface area contributed by atoms with Gasteiger partial charge in [0.05, 0.1) is 5.54 Å². The van der Waals surface area contributed by atoms with Crippen molar-refractivity contribution in [2.45, 2.75) is 64.1 Å². The maximum absolute atomic E-state index is 12.6. The number of carbonyl (C=O) groups excluding carboxylic acids is 2. The Morgan fingerprint density at radius 2 is 2.14 bits per heavy atom. The summed E-state index contributed by atoms with van der Waals surface area (Å²) >= 11 is 0. The van der Waals surface area contributed by atoms with Crippen LogP contribution in [0.5, 0.6) is 0 Å². The molecule has 0 radical (unpaired) electrons. The Morgan fingerprint density at radius 1 is 1.43 bits per heavy atom. The van der Waals surface area contributed by atoms with Gasteiger partial charge in [0.1, 0.15) is 5.60 Å². The number of rotatable bonds is 3.